The second-order valence-corrected chi connectivity index (χ2v) is 8.08. The summed E-state index contributed by atoms with van der Waals surface area (Å²) in [5.41, 5.74) is 2.12. The van der Waals surface area contributed by atoms with Crippen molar-refractivity contribution in [3.63, 3.8) is 0 Å². The number of hydrogen-bond acceptors (Lipinski definition) is 5. The van der Waals surface area contributed by atoms with E-state index in [1.807, 2.05) is 48.2 Å². The molecule has 2 aliphatic rings. The minimum Gasteiger partial charge on any atom is -0.489 e. The Bertz CT molecular complexity index is 821. The number of aromatic nitrogens is 1. The van der Waals surface area contributed by atoms with Gasteiger partial charge in [-0.2, -0.15) is 0 Å². The number of nitrogens with zero attached hydrogens (tertiary/aromatic N) is 2. The summed E-state index contributed by atoms with van der Waals surface area (Å²) < 4.78 is 5.95. The van der Waals surface area contributed by atoms with Crippen LogP contribution >= 0.6 is 0 Å². The number of piperidine rings is 1. The molecule has 0 bridgehead atoms. The molecule has 4 rings (SSSR count). The van der Waals surface area contributed by atoms with Gasteiger partial charge in [-0.15, -0.1) is 0 Å². The fourth-order valence-corrected chi connectivity index (χ4v) is 4.42. The fourth-order valence-electron chi connectivity index (χ4n) is 4.42. The Labute approximate surface area is 171 Å². The molecule has 29 heavy (non-hydrogen) atoms. The highest BCUT2D eigenvalue weighted by Gasteiger charge is 2.36. The number of likely N-dealkylation sites (tertiary alicyclic amines) is 1. The van der Waals surface area contributed by atoms with Gasteiger partial charge < -0.3 is 20.1 Å². The molecule has 2 saturated heterocycles. The van der Waals surface area contributed by atoms with Crippen molar-refractivity contribution in [3.05, 3.63) is 59.9 Å². The quantitative estimate of drug-likeness (QED) is 0.814. The molecule has 2 fully saturated rings. The van der Waals surface area contributed by atoms with E-state index >= 15 is 0 Å². The van der Waals surface area contributed by atoms with Gasteiger partial charge in [0.2, 0.25) is 5.91 Å². The summed E-state index contributed by atoms with van der Waals surface area (Å²) in [4.78, 5) is 18.9. The lowest BCUT2D eigenvalue weighted by molar-refractivity contribution is -0.135. The molecule has 2 N–H and O–H groups in total. The lowest BCUT2D eigenvalue weighted by atomic mass is 9.86. The zero-order valence-corrected chi connectivity index (χ0v) is 16.8. The Morgan fingerprint density at radius 1 is 1.21 bits per heavy atom. The molecule has 2 aliphatic heterocycles. The monoisotopic (exact) mass is 395 g/mol. The largest absolute Gasteiger partial charge is 0.489 e. The predicted octanol–water partition coefficient (Wildman–Crippen LogP) is 2.47. The van der Waals surface area contributed by atoms with Crippen LogP contribution in [0.25, 0.3) is 0 Å². The third kappa shape index (κ3) is 4.60. The van der Waals surface area contributed by atoms with Crippen molar-refractivity contribution in [2.75, 3.05) is 19.6 Å². The lowest BCUT2D eigenvalue weighted by Gasteiger charge is -2.36. The number of pyridine rings is 1. The predicted molar refractivity (Wildman–Crippen MR) is 111 cm³/mol. The van der Waals surface area contributed by atoms with Gasteiger partial charge in [0.1, 0.15) is 11.9 Å². The molecule has 0 radical (unpaired) electrons. The van der Waals surface area contributed by atoms with Gasteiger partial charge in [0.25, 0.3) is 0 Å². The lowest BCUT2D eigenvalue weighted by Crippen LogP contribution is -2.47. The van der Waals surface area contributed by atoms with Crippen LogP contribution in [0.4, 0.5) is 0 Å². The number of ether oxygens (including phenoxy) is 1. The molecule has 3 heterocycles. The van der Waals surface area contributed by atoms with Crippen LogP contribution in [-0.4, -0.2) is 52.7 Å². The number of carbonyl (C=O) groups excluding carboxylic acids is 1. The number of nitrogens with one attached hydrogen (secondary N) is 1. The van der Waals surface area contributed by atoms with Crippen LogP contribution < -0.4 is 10.1 Å². The zero-order valence-electron chi connectivity index (χ0n) is 16.8. The van der Waals surface area contributed by atoms with E-state index in [0.29, 0.717) is 26.1 Å². The van der Waals surface area contributed by atoms with Crippen molar-refractivity contribution >= 4 is 5.91 Å². The summed E-state index contributed by atoms with van der Waals surface area (Å²) in [6.07, 6.45) is 5.26. The molecule has 1 unspecified atom stereocenters. The Morgan fingerprint density at radius 2 is 1.93 bits per heavy atom. The number of hydrogen-bond donors (Lipinski definition) is 2. The first-order chi connectivity index (χ1) is 14.1. The average molecular weight is 396 g/mol. The number of carbonyl (C=O) groups is 1. The zero-order chi connectivity index (χ0) is 20.2. The minimum atomic E-state index is -0.462. The standard InChI is InChI=1S/C23H29N3O3/c1-16-4-2-3-5-20(16)22(27)17-8-12-26(13-9-17)23(28)21-14-19(15-25-21)29-18-6-10-24-11-7-18/h2-7,10-11,17,19,21-22,25,27H,8-9,12-15H2,1H3/t19-,21-,22?/m0/s1. The molecule has 1 aromatic heterocycles. The van der Waals surface area contributed by atoms with E-state index in [4.69, 9.17) is 4.74 Å². The van der Waals surface area contributed by atoms with Crippen molar-refractivity contribution < 1.29 is 14.6 Å². The first-order valence-electron chi connectivity index (χ1n) is 10.4. The number of aliphatic hydroxyl groups is 1. The van der Waals surface area contributed by atoms with Gasteiger partial charge in [-0.05, 0) is 48.9 Å². The van der Waals surface area contributed by atoms with E-state index in [0.717, 1.165) is 29.7 Å². The molecule has 6 nitrogen and oxygen atoms in total. The number of aliphatic hydroxyl groups excluding tert-OH is 1. The van der Waals surface area contributed by atoms with Crippen LogP contribution in [0.2, 0.25) is 0 Å². The van der Waals surface area contributed by atoms with E-state index < -0.39 is 6.10 Å². The molecule has 2 aromatic rings. The van der Waals surface area contributed by atoms with Gasteiger partial charge in [0, 0.05) is 38.4 Å². The minimum absolute atomic E-state index is 0.00762. The normalized spacial score (nSPS) is 23.7. The summed E-state index contributed by atoms with van der Waals surface area (Å²) in [6, 6.07) is 11.5. The van der Waals surface area contributed by atoms with Crippen LogP contribution in [0.15, 0.2) is 48.8 Å². The molecule has 0 aliphatic carbocycles. The van der Waals surface area contributed by atoms with Gasteiger partial charge in [-0.1, -0.05) is 24.3 Å². The summed E-state index contributed by atoms with van der Waals surface area (Å²) in [5, 5.41) is 14.1. The van der Waals surface area contributed by atoms with Crippen LogP contribution in [0, 0.1) is 12.8 Å². The maximum Gasteiger partial charge on any atom is 0.239 e. The molecule has 154 valence electrons. The second-order valence-electron chi connectivity index (χ2n) is 8.08. The summed E-state index contributed by atoms with van der Waals surface area (Å²) >= 11 is 0. The SMILES string of the molecule is Cc1ccccc1C(O)C1CCN(C(=O)[C@@H]2C[C@H](Oc3ccncc3)CN2)CC1. The van der Waals surface area contributed by atoms with E-state index in [1.165, 1.54) is 0 Å². The maximum atomic E-state index is 12.9. The number of aryl methyl sites for hydroxylation is 1. The third-order valence-electron chi connectivity index (χ3n) is 6.15. The third-order valence-corrected chi connectivity index (χ3v) is 6.15. The van der Waals surface area contributed by atoms with E-state index in [9.17, 15) is 9.90 Å². The van der Waals surface area contributed by atoms with E-state index in [-0.39, 0.29) is 24.0 Å². The molecular weight excluding hydrogens is 366 g/mol. The van der Waals surface area contributed by atoms with E-state index in [2.05, 4.69) is 10.3 Å². The van der Waals surface area contributed by atoms with Gasteiger partial charge in [0.15, 0.2) is 0 Å². The van der Waals surface area contributed by atoms with Gasteiger partial charge in [-0.3, -0.25) is 9.78 Å². The van der Waals surface area contributed by atoms with Crippen molar-refractivity contribution in [2.45, 2.75) is 44.4 Å². The Morgan fingerprint density at radius 3 is 2.66 bits per heavy atom. The highest BCUT2D eigenvalue weighted by atomic mass is 16.5. The first kappa shape index (κ1) is 19.9. The van der Waals surface area contributed by atoms with Crippen LogP contribution in [-0.2, 0) is 4.79 Å². The number of rotatable bonds is 5. The second kappa shape index (κ2) is 8.93. The maximum absolute atomic E-state index is 12.9. The molecule has 3 atom stereocenters. The highest BCUT2D eigenvalue weighted by Crippen LogP contribution is 2.32. The van der Waals surface area contributed by atoms with Gasteiger partial charge >= 0.3 is 0 Å². The summed E-state index contributed by atoms with van der Waals surface area (Å²) in [6.45, 7) is 4.09. The summed E-state index contributed by atoms with van der Waals surface area (Å²) in [7, 11) is 0. The van der Waals surface area contributed by atoms with Gasteiger partial charge in [0.05, 0.1) is 12.1 Å². The Balaban J connectivity index is 1.28. The molecule has 0 saturated carbocycles. The highest BCUT2D eigenvalue weighted by molar-refractivity contribution is 5.82. The number of benzene rings is 1. The average Bonchev–Trinajstić information content (AvgIpc) is 3.22. The smallest absolute Gasteiger partial charge is 0.239 e. The van der Waals surface area contributed by atoms with Crippen molar-refractivity contribution in [1.29, 1.82) is 0 Å². The molecule has 6 heteroatoms. The van der Waals surface area contributed by atoms with Crippen molar-refractivity contribution in [1.82, 2.24) is 15.2 Å². The Hall–Kier alpha value is -2.44. The van der Waals surface area contributed by atoms with Crippen LogP contribution in [0.5, 0.6) is 5.75 Å². The molecule has 1 aromatic carbocycles. The molecule has 1 amide bonds. The Kier molecular flexibility index (Phi) is 6.11. The topological polar surface area (TPSA) is 74.7 Å². The van der Waals surface area contributed by atoms with Crippen LogP contribution in [0.1, 0.15) is 36.5 Å². The van der Waals surface area contributed by atoms with Crippen molar-refractivity contribution in [3.8, 4) is 5.75 Å². The summed E-state index contributed by atoms with van der Waals surface area (Å²) in [5.74, 6) is 1.13. The van der Waals surface area contributed by atoms with Gasteiger partial charge in [-0.25, -0.2) is 0 Å². The molecular formula is C23H29N3O3. The van der Waals surface area contributed by atoms with Crippen molar-refractivity contribution in [2.24, 2.45) is 5.92 Å². The fraction of sp³-hybridized carbons (Fsp3) is 0.478. The molecule has 0 spiro atoms. The first-order valence-corrected chi connectivity index (χ1v) is 10.4. The number of amides is 1. The van der Waals surface area contributed by atoms with Crippen LogP contribution in [0.3, 0.4) is 0 Å². The van der Waals surface area contributed by atoms with E-state index in [1.54, 1.807) is 12.4 Å².